The van der Waals surface area contributed by atoms with Gasteiger partial charge in [0.1, 0.15) is 0 Å². The molecule has 0 saturated carbocycles. The standard InChI is InChI=1S/C14H17N5S/c1-10-6-2-3-7-11(10)20-14-17-12(15)16-13(18-14)19-8-4-5-9-19/h2-3,6-7H,4-5,8-9H2,1H3,(H2,15,16,17,18). The van der Waals surface area contributed by atoms with Crippen molar-refractivity contribution in [1.29, 1.82) is 0 Å². The van der Waals surface area contributed by atoms with E-state index in [-0.39, 0.29) is 5.95 Å². The van der Waals surface area contributed by atoms with E-state index in [1.165, 1.54) is 30.2 Å². The van der Waals surface area contributed by atoms with Crippen molar-refractivity contribution in [2.24, 2.45) is 0 Å². The highest BCUT2D eigenvalue weighted by Gasteiger charge is 2.17. The fourth-order valence-electron chi connectivity index (χ4n) is 2.23. The minimum Gasteiger partial charge on any atom is -0.368 e. The summed E-state index contributed by atoms with van der Waals surface area (Å²) in [6, 6.07) is 8.18. The molecule has 1 aromatic carbocycles. The van der Waals surface area contributed by atoms with E-state index >= 15 is 0 Å². The third-order valence-electron chi connectivity index (χ3n) is 3.30. The molecular weight excluding hydrogens is 270 g/mol. The fourth-order valence-corrected chi connectivity index (χ4v) is 3.07. The fraction of sp³-hybridized carbons (Fsp3) is 0.357. The van der Waals surface area contributed by atoms with Crippen LogP contribution in [0.3, 0.4) is 0 Å². The van der Waals surface area contributed by atoms with Gasteiger partial charge < -0.3 is 10.6 Å². The summed E-state index contributed by atoms with van der Waals surface area (Å²) in [6.45, 7) is 4.07. The molecular formula is C14H17N5S. The van der Waals surface area contributed by atoms with Gasteiger partial charge in [0.25, 0.3) is 0 Å². The smallest absolute Gasteiger partial charge is 0.231 e. The molecule has 1 aliphatic heterocycles. The predicted octanol–water partition coefficient (Wildman–Crippen LogP) is 2.51. The molecule has 0 aliphatic carbocycles. The topological polar surface area (TPSA) is 67.9 Å². The number of hydrogen-bond donors (Lipinski definition) is 1. The van der Waals surface area contributed by atoms with Crippen molar-refractivity contribution in [3.63, 3.8) is 0 Å². The highest BCUT2D eigenvalue weighted by Crippen LogP contribution is 2.29. The van der Waals surface area contributed by atoms with Gasteiger partial charge in [0.05, 0.1) is 0 Å². The summed E-state index contributed by atoms with van der Waals surface area (Å²) in [5, 5.41) is 0.661. The molecule has 5 nitrogen and oxygen atoms in total. The Hall–Kier alpha value is -1.82. The van der Waals surface area contributed by atoms with Crippen LogP contribution in [-0.2, 0) is 0 Å². The summed E-state index contributed by atoms with van der Waals surface area (Å²) in [7, 11) is 0. The molecule has 1 saturated heterocycles. The van der Waals surface area contributed by atoms with Gasteiger partial charge in [0.15, 0.2) is 5.16 Å². The zero-order valence-corrected chi connectivity index (χ0v) is 12.2. The van der Waals surface area contributed by atoms with Crippen LogP contribution in [0.4, 0.5) is 11.9 Å². The van der Waals surface area contributed by atoms with Crippen LogP contribution in [0.25, 0.3) is 0 Å². The third kappa shape index (κ3) is 2.85. The summed E-state index contributed by atoms with van der Waals surface area (Å²) in [5.41, 5.74) is 7.02. The van der Waals surface area contributed by atoms with Crippen LogP contribution >= 0.6 is 11.8 Å². The van der Waals surface area contributed by atoms with E-state index in [1.807, 2.05) is 12.1 Å². The molecule has 0 radical (unpaired) electrons. The van der Waals surface area contributed by atoms with Gasteiger partial charge in [-0.05, 0) is 43.2 Å². The van der Waals surface area contributed by atoms with Gasteiger partial charge in [0.2, 0.25) is 11.9 Å². The van der Waals surface area contributed by atoms with Crippen LogP contribution in [-0.4, -0.2) is 28.0 Å². The van der Waals surface area contributed by atoms with Gasteiger partial charge in [-0.25, -0.2) is 0 Å². The molecule has 1 aromatic heterocycles. The molecule has 104 valence electrons. The van der Waals surface area contributed by atoms with Crippen molar-refractivity contribution in [1.82, 2.24) is 15.0 Å². The Morgan fingerprint density at radius 2 is 1.85 bits per heavy atom. The van der Waals surface area contributed by atoms with Crippen LogP contribution in [0.15, 0.2) is 34.3 Å². The number of aryl methyl sites for hydroxylation is 1. The molecule has 1 aliphatic rings. The van der Waals surface area contributed by atoms with Crippen molar-refractivity contribution in [2.75, 3.05) is 23.7 Å². The second-order valence-electron chi connectivity index (χ2n) is 4.84. The average molecular weight is 287 g/mol. The quantitative estimate of drug-likeness (QED) is 0.935. The van der Waals surface area contributed by atoms with Crippen molar-refractivity contribution >= 4 is 23.7 Å². The zero-order valence-electron chi connectivity index (χ0n) is 11.4. The third-order valence-corrected chi connectivity index (χ3v) is 4.35. The molecule has 0 amide bonds. The van der Waals surface area contributed by atoms with Crippen molar-refractivity contribution in [3.8, 4) is 0 Å². The highest BCUT2D eigenvalue weighted by molar-refractivity contribution is 7.99. The van der Waals surface area contributed by atoms with Gasteiger partial charge >= 0.3 is 0 Å². The maximum atomic E-state index is 5.82. The zero-order chi connectivity index (χ0) is 13.9. The number of hydrogen-bond acceptors (Lipinski definition) is 6. The highest BCUT2D eigenvalue weighted by atomic mass is 32.2. The number of rotatable bonds is 3. The van der Waals surface area contributed by atoms with Gasteiger partial charge in [0, 0.05) is 18.0 Å². The molecule has 3 rings (SSSR count). The molecule has 0 atom stereocenters. The number of benzene rings is 1. The molecule has 2 aromatic rings. The molecule has 2 heterocycles. The lowest BCUT2D eigenvalue weighted by atomic mass is 10.2. The van der Waals surface area contributed by atoms with E-state index in [2.05, 4.69) is 38.9 Å². The van der Waals surface area contributed by atoms with Crippen molar-refractivity contribution < 1.29 is 0 Å². The molecule has 1 fully saturated rings. The summed E-state index contributed by atoms with van der Waals surface area (Å²) < 4.78 is 0. The van der Waals surface area contributed by atoms with Crippen molar-refractivity contribution in [3.05, 3.63) is 29.8 Å². The number of anilines is 2. The summed E-state index contributed by atoms with van der Waals surface area (Å²) in [4.78, 5) is 16.3. The first-order chi connectivity index (χ1) is 9.72. The van der Waals surface area contributed by atoms with E-state index < -0.39 is 0 Å². The predicted molar refractivity (Wildman–Crippen MR) is 81.0 cm³/mol. The number of aromatic nitrogens is 3. The summed E-state index contributed by atoms with van der Waals surface area (Å²) in [6.07, 6.45) is 2.37. The van der Waals surface area contributed by atoms with Crippen molar-refractivity contribution in [2.45, 2.75) is 29.8 Å². The number of nitrogens with two attached hydrogens (primary N) is 1. The molecule has 0 unspecified atom stereocenters. The largest absolute Gasteiger partial charge is 0.368 e. The number of nitrogens with zero attached hydrogens (tertiary/aromatic N) is 4. The minimum atomic E-state index is 0.290. The molecule has 6 heteroatoms. The Bertz CT molecular complexity index is 610. The van der Waals surface area contributed by atoms with Crippen LogP contribution in [0.5, 0.6) is 0 Å². The van der Waals surface area contributed by atoms with E-state index in [4.69, 9.17) is 5.73 Å². The second-order valence-corrected chi connectivity index (χ2v) is 5.85. The van der Waals surface area contributed by atoms with Crippen LogP contribution < -0.4 is 10.6 Å². The first kappa shape index (κ1) is 13.2. The maximum Gasteiger partial charge on any atom is 0.231 e. The molecule has 0 bridgehead atoms. The molecule has 2 N–H and O–H groups in total. The van der Waals surface area contributed by atoms with E-state index in [0.717, 1.165) is 18.0 Å². The lowest BCUT2D eigenvalue weighted by Gasteiger charge is -2.15. The SMILES string of the molecule is Cc1ccccc1Sc1nc(N)nc(N2CCCC2)n1. The maximum absolute atomic E-state index is 5.82. The Balaban J connectivity index is 1.88. The van der Waals surface area contributed by atoms with Gasteiger partial charge in [-0.1, -0.05) is 18.2 Å². The average Bonchev–Trinajstić information content (AvgIpc) is 2.95. The summed E-state index contributed by atoms with van der Waals surface area (Å²) >= 11 is 1.53. The minimum absolute atomic E-state index is 0.290. The first-order valence-corrected chi connectivity index (χ1v) is 7.54. The van der Waals surface area contributed by atoms with Gasteiger partial charge in [-0.2, -0.15) is 15.0 Å². The molecule has 0 spiro atoms. The Morgan fingerprint density at radius 3 is 2.60 bits per heavy atom. The van der Waals surface area contributed by atoms with Crippen LogP contribution in [0.1, 0.15) is 18.4 Å². The second kappa shape index (κ2) is 5.66. The summed E-state index contributed by atoms with van der Waals surface area (Å²) in [5.74, 6) is 0.990. The Labute approximate surface area is 122 Å². The van der Waals surface area contributed by atoms with Gasteiger partial charge in [-0.3, -0.25) is 0 Å². The van der Waals surface area contributed by atoms with Crippen LogP contribution in [0, 0.1) is 6.92 Å². The number of nitrogen functional groups attached to an aromatic ring is 1. The molecule has 20 heavy (non-hydrogen) atoms. The monoisotopic (exact) mass is 287 g/mol. The lowest BCUT2D eigenvalue weighted by Crippen LogP contribution is -2.21. The Morgan fingerprint density at radius 1 is 1.10 bits per heavy atom. The van der Waals surface area contributed by atoms with E-state index in [1.54, 1.807) is 0 Å². The Kier molecular flexibility index (Phi) is 3.73. The van der Waals surface area contributed by atoms with Gasteiger partial charge in [-0.15, -0.1) is 0 Å². The van der Waals surface area contributed by atoms with E-state index in [9.17, 15) is 0 Å². The lowest BCUT2D eigenvalue weighted by molar-refractivity contribution is 0.833. The first-order valence-electron chi connectivity index (χ1n) is 6.72. The van der Waals surface area contributed by atoms with Crippen LogP contribution in [0.2, 0.25) is 0 Å². The normalized spacial score (nSPS) is 14.8. The van der Waals surface area contributed by atoms with E-state index in [0.29, 0.717) is 11.1 Å².